The average Bonchev–Trinajstić information content (AvgIpc) is 2.04. The summed E-state index contributed by atoms with van der Waals surface area (Å²) in [5, 5.41) is 0.561. The van der Waals surface area contributed by atoms with Gasteiger partial charge < -0.3 is 0 Å². The fraction of sp³-hybridized carbons (Fsp3) is 0.375. The largest absolute Gasteiger partial charge is 0.243 e. The van der Waals surface area contributed by atoms with Crippen molar-refractivity contribution in [2.24, 2.45) is 0 Å². The van der Waals surface area contributed by atoms with Crippen LogP contribution in [0.5, 0.6) is 0 Å². The molecule has 0 aliphatic rings. The first-order chi connectivity index (χ1) is 5.33. The maximum absolute atomic E-state index is 5.63. The van der Waals surface area contributed by atoms with Crippen molar-refractivity contribution in [2.45, 2.75) is 18.2 Å². The highest BCUT2D eigenvalue weighted by Gasteiger charge is 1.92. The number of thioether (sulfide) groups is 1. The van der Waals surface area contributed by atoms with Crippen LogP contribution in [0.4, 0.5) is 0 Å². The topological polar surface area (TPSA) is 12.9 Å². The molecule has 0 radical (unpaired) electrons. The van der Waals surface area contributed by atoms with Crippen molar-refractivity contribution in [3.63, 3.8) is 0 Å². The SMILES string of the molecule is CCCSc1ccc(Cl)nc1. The highest BCUT2D eigenvalue weighted by Crippen LogP contribution is 2.18. The smallest absolute Gasteiger partial charge is 0.129 e. The van der Waals surface area contributed by atoms with E-state index in [0.29, 0.717) is 5.15 Å². The molecule has 60 valence electrons. The van der Waals surface area contributed by atoms with Gasteiger partial charge in [0.1, 0.15) is 5.15 Å². The van der Waals surface area contributed by atoms with Crippen LogP contribution in [-0.2, 0) is 0 Å². The van der Waals surface area contributed by atoms with Crippen molar-refractivity contribution in [1.29, 1.82) is 0 Å². The van der Waals surface area contributed by atoms with Gasteiger partial charge in [-0.15, -0.1) is 11.8 Å². The summed E-state index contributed by atoms with van der Waals surface area (Å²) in [6, 6.07) is 3.81. The first-order valence-electron chi connectivity index (χ1n) is 3.57. The molecule has 1 rings (SSSR count). The number of rotatable bonds is 3. The van der Waals surface area contributed by atoms with Gasteiger partial charge in [-0.3, -0.25) is 0 Å². The molecule has 0 N–H and O–H groups in total. The Balaban J connectivity index is 2.52. The van der Waals surface area contributed by atoms with Gasteiger partial charge in [-0.05, 0) is 24.3 Å². The summed E-state index contributed by atoms with van der Waals surface area (Å²) in [5.74, 6) is 1.14. The molecular weight excluding hydrogens is 178 g/mol. The van der Waals surface area contributed by atoms with Gasteiger partial charge in [-0.2, -0.15) is 0 Å². The number of nitrogens with zero attached hydrogens (tertiary/aromatic N) is 1. The van der Waals surface area contributed by atoms with E-state index in [1.165, 1.54) is 11.3 Å². The maximum Gasteiger partial charge on any atom is 0.129 e. The fourth-order valence-electron chi connectivity index (χ4n) is 0.668. The second-order valence-electron chi connectivity index (χ2n) is 2.17. The van der Waals surface area contributed by atoms with Crippen LogP contribution < -0.4 is 0 Å². The molecule has 1 aromatic heterocycles. The Hall–Kier alpha value is -0.210. The third kappa shape index (κ3) is 3.12. The molecule has 0 bridgehead atoms. The van der Waals surface area contributed by atoms with Crippen molar-refractivity contribution < 1.29 is 0 Å². The maximum atomic E-state index is 5.63. The summed E-state index contributed by atoms with van der Waals surface area (Å²) in [6.07, 6.45) is 3.00. The lowest BCUT2D eigenvalue weighted by molar-refractivity contribution is 1.10. The van der Waals surface area contributed by atoms with Crippen molar-refractivity contribution >= 4 is 23.4 Å². The van der Waals surface area contributed by atoms with Crippen LogP contribution in [0.15, 0.2) is 23.2 Å². The zero-order valence-corrected chi connectivity index (χ0v) is 7.95. The molecular formula is C8H10ClNS. The normalized spacial score (nSPS) is 10.0. The molecule has 1 aromatic rings. The van der Waals surface area contributed by atoms with Crippen molar-refractivity contribution in [3.8, 4) is 0 Å². The van der Waals surface area contributed by atoms with Gasteiger partial charge in [0.2, 0.25) is 0 Å². The van der Waals surface area contributed by atoms with Crippen LogP contribution in [0, 0.1) is 0 Å². The van der Waals surface area contributed by atoms with Gasteiger partial charge in [0.15, 0.2) is 0 Å². The molecule has 0 atom stereocenters. The molecule has 0 fully saturated rings. The average molecular weight is 188 g/mol. The van der Waals surface area contributed by atoms with Crippen LogP contribution in [0.1, 0.15) is 13.3 Å². The molecule has 0 amide bonds. The van der Waals surface area contributed by atoms with E-state index in [4.69, 9.17) is 11.6 Å². The Bertz CT molecular complexity index is 210. The van der Waals surface area contributed by atoms with Crippen LogP contribution >= 0.6 is 23.4 Å². The molecule has 0 aromatic carbocycles. The number of aromatic nitrogens is 1. The van der Waals surface area contributed by atoms with E-state index in [-0.39, 0.29) is 0 Å². The first-order valence-corrected chi connectivity index (χ1v) is 4.93. The third-order valence-electron chi connectivity index (χ3n) is 1.17. The van der Waals surface area contributed by atoms with E-state index in [0.717, 1.165) is 5.75 Å². The van der Waals surface area contributed by atoms with E-state index >= 15 is 0 Å². The van der Waals surface area contributed by atoms with Gasteiger partial charge in [0, 0.05) is 11.1 Å². The van der Waals surface area contributed by atoms with E-state index in [2.05, 4.69) is 11.9 Å². The fourth-order valence-corrected chi connectivity index (χ4v) is 1.51. The lowest BCUT2D eigenvalue weighted by Gasteiger charge is -1.97. The standard InChI is InChI=1S/C8H10ClNS/c1-2-5-11-7-3-4-8(9)10-6-7/h3-4,6H,2,5H2,1H3. The molecule has 11 heavy (non-hydrogen) atoms. The second-order valence-corrected chi connectivity index (χ2v) is 3.72. The predicted molar refractivity (Wildman–Crippen MR) is 50.3 cm³/mol. The van der Waals surface area contributed by atoms with Crippen molar-refractivity contribution in [3.05, 3.63) is 23.5 Å². The Kier molecular flexibility index (Phi) is 3.73. The lowest BCUT2D eigenvalue weighted by Crippen LogP contribution is -1.78. The summed E-state index contributed by atoms with van der Waals surface area (Å²) < 4.78 is 0. The number of hydrogen-bond acceptors (Lipinski definition) is 2. The Morgan fingerprint density at radius 3 is 2.91 bits per heavy atom. The quantitative estimate of drug-likeness (QED) is 0.532. The zero-order valence-electron chi connectivity index (χ0n) is 6.38. The van der Waals surface area contributed by atoms with Crippen LogP contribution in [0.25, 0.3) is 0 Å². The highest BCUT2D eigenvalue weighted by atomic mass is 35.5. The molecule has 3 heteroatoms. The van der Waals surface area contributed by atoms with Gasteiger partial charge in [0.05, 0.1) is 0 Å². The van der Waals surface area contributed by atoms with Gasteiger partial charge in [-0.1, -0.05) is 18.5 Å². The molecule has 0 saturated heterocycles. The number of hydrogen-bond donors (Lipinski definition) is 0. The van der Waals surface area contributed by atoms with E-state index < -0.39 is 0 Å². The third-order valence-corrected chi connectivity index (χ3v) is 2.58. The zero-order chi connectivity index (χ0) is 8.10. The lowest BCUT2D eigenvalue weighted by atomic mass is 10.5. The number of halogens is 1. The highest BCUT2D eigenvalue weighted by molar-refractivity contribution is 7.99. The summed E-state index contributed by atoms with van der Waals surface area (Å²) in [7, 11) is 0. The first kappa shape index (κ1) is 8.88. The summed E-state index contributed by atoms with van der Waals surface area (Å²) >= 11 is 7.43. The van der Waals surface area contributed by atoms with E-state index in [9.17, 15) is 0 Å². The molecule has 0 aliphatic heterocycles. The molecule has 1 nitrogen and oxygen atoms in total. The minimum absolute atomic E-state index is 0.561. The van der Waals surface area contributed by atoms with Crippen molar-refractivity contribution in [1.82, 2.24) is 4.98 Å². The van der Waals surface area contributed by atoms with Crippen molar-refractivity contribution in [2.75, 3.05) is 5.75 Å². The van der Waals surface area contributed by atoms with Gasteiger partial charge in [0.25, 0.3) is 0 Å². The van der Waals surface area contributed by atoms with E-state index in [1.807, 2.05) is 30.1 Å². The summed E-state index contributed by atoms with van der Waals surface area (Å²) in [5.41, 5.74) is 0. The monoisotopic (exact) mass is 187 g/mol. The minimum Gasteiger partial charge on any atom is -0.243 e. The van der Waals surface area contributed by atoms with E-state index in [1.54, 1.807) is 0 Å². The number of pyridine rings is 1. The van der Waals surface area contributed by atoms with Gasteiger partial charge in [-0.25, -0.2) is 4.98 Å². The summed E-state index contributed by atoms with van der Waals surface area (Å²) in [6.45, 7) is 2.16. The molecule has 0 saturated carbocycles. The molecule has 0 spiro atoms. The second kappa shape index (κ2) is 4.62. The Morgan fingerprint density at radius 2 is 2.36 bits per heavy atom. The molecule has 1 heterocycles. The van der Waals surface area contributed by atoms with Crippen LogP contribution in [0.2, 0.25) is 5.15 Å². The minimum atomic E-state index is 0.561. The van der Waals surface area contributed by atoms with Crippen LogP contribution in [0.3, 0.4) is 0 Å². The summed E-state index contributed by atoms with van der Waals surface area (Å²) in [4.78, 5) is 5.17. The van der Waals surface area contributed by atoms with Crippen LogP contribution in [-0.4, -0.2) is 10.7 Å². The predicted octanol–water partition coefficient (Wildman–Crippen LogP) is 3.24. The Labute approximate surface area is 76.2 Å². The van der Waals surface area contributed by atoms with Gasteiger partial charge >= 0.3 is 0 Å². The Morgan fingerprint density at radius 1 is 1.55 bits per heavy atom. The molecule has 0 aliphatic carbocycles. The molecule has 0 unspecified atom stereocenters.